The molecule has 21 heavy (non-hydrogen) atoms. The first-order valence-electron chi connectivity index (χ1n) is 6.96. The second-order valence-electron chi connectivity index (χ2n) is 5.62. The minimum absolute atomic E-state index is 0.155. The highest BCUT2D eigenvalue weighted by molar-refractivity contribution is 9.10. The number of carbonyl (C=O) groups excluding carboxylic acids is 1. The summed E-state index contributed by atoms with van der Waals surface area (Å²) >= 11 is 9.03. The van der Waals surface area contributed by atoms with E-state index in [0.717, 1.165) is 37.8 Å². The van der Waals surface area contributed by atoms with E-state index in [1.807, 2.05) is 0 Å². The Hall–Kier alpha value is -0.680. The largest absolute Gasteiger partial charge is 0.351 e. The normalized spacial score (nSPS) is 17.5. The molecule has 2 rings (SSSR count). The molecule has 0 spiro atoms. The van der Waals surface area contributed by atoms with Gasteiger partial charge in [-0.2, -0.15) is 0 Å². The van der Waals surface area contributed by atoms with Crippen LogP contribution in [0.3, 0.4) is 0 Å². The smallest absolute Gasteiger partial charge is 0.257 e. The Labute approximate surface area is 136 Å². The molecule has 6 heteroatoms. The van der Waals surface area contributed by atoms with Crippen LogP contribution in [0.1, 0.15) is 42.5 Å². The summed E-state index contributed by atoms with van der Waals surface area (Å²) in [5.74, 6) is -2.03. The Kier molecular flexibility index (Phi) is 5.60. The Balaban J connectivity index is 2.08. The Bertz CT molecular complexity index is 509. The Morgan fingerprint density at radius 3 is 2.33 bits per heavy atom. The molecule has 0 bridgehead atoms. The molecule has 2 nitrogen and oxygen atoms in total. The number of carbonyl (C=O) groups is 1. The summed E-state index contributed by atoms with van der Waals surface area (Å²) in [6, 6.07) is 2.16. The van der Waals surface area contributed by atoms with Crippen molar-refractivity contribution in [2.24, 2.45) is 5.41 Å². The predicted molar refractivity (Wildman–Crippen MR) is 82.6 cm³/mol. The van der Waals surface area contributed by atoms with Gasteiger partial charge in [0.2, 0.25) is 0 Å². The summed E-state index contributed by atoms with van der Waals surface area (Å²) in [7, 11) is 0. The van der Waals surface area contributed by atoms with Crippen LogP contribution in [0.4, 0.5) is 8.78 Å². The average molecular weight is 381 g/mol. The van der Waals surface area contributed by atoms with E-state index in [1.165, 1.54) is 6.42 Å². The molecule has 0 aliphatic heterocycles. The van der Waals surface area contributed by atoms with E-state index in [2.05, 4.69) is 21.2 Å². The van der Waals surface area contributed by atoms with Crippen LogP contribution in [0.2, 0.25) is 0 Å². The summed E-state index contributed by atoms with van der Waals surface area (Å²) in [5.41, 5.74) is -0.698. The van der Waals surface area contributed by atoms with Crippen LogP contribution in [0.5, 0.6) is 0 Å². The molecule has 0 atom stereocenters. The number of benzene rings is 1. The monoisotopic (exact) mass is 379 g/mol. The van der Waals surface area contributed by atoms with Gasteiger partial charge in [0.1, 0.15) is 17.2 Å². The van der Waals surface area contributed by atoms with E-state index in [0.29, 0.717) is 12.4 Å². The van der Waals surface area contributed by atoms with E-state index in [-0.39, 0.29) is 9.89 Å². The third-order valence-electron chi connectivity index (χ3n) is 4.06. The molecule has 0 heterocycles. The number of hydrogen-bond acceptors (Lipinski definition) is 1. The van der Waals surface area contributed by atoms with Crippen molar-refractivity contribution in [2.45, 2.75) is 32.1 Å². The predicted octanol–water partition coefficient (Wildman–Crippen LogP) is 4.65. The van der Waals surface area contributed by atoms with Gasteiger partial charge in [-0.05, 0) is 25.0 Å². The highest BCUT2D eigenvalue weighted by Gasteiger charge is 2.32. The summed E-state index contributed by atoms with van der Waals surface area (Å²) in [4.78, 5) is 12.0. The fourth-order valence-electron chi connectivity index (χ4n) is 2.77. The lowest BCUT2D eigenvalue weighted by atomic mass is 9.75. The maximum atomic E-state index is 13.7. The minimum Gasteiger partial charge on any atom is -0.351 e. The number of alkyl halides is 1. The van der Waals surface area contributed by atoms with Gasteiger partial charge in [0.25, 0.3) is 5.91 Å². The van der Waals surface area contributed by atoms with E-state index < -0.39 is 23.1 Å². The van der Waals surface area contributed by atoms with Crippen molar-refractivity contribution >= 4 is 33.4 Å². The molecular formula is C15H17BrClF2NO. The minimum atomic E-state index is -0.872. The molecular weight excluding hydrogens is 364 g/mol. The van der Waals surface area contributed by atoms with Crippen molar-refractivity contribution in [3.8, 4) is 0 Å². The Morgan fingerprint density at radius 2 is 1.81 bits per heavy atom. The van der Waals surface area contributed by atoms with Gasteiger partial charge in [-0.1, -0.05) is 35.2 Å². The van der Waals surface area contributed by atoms with Crippen molar-refractivity contribution in [3.05, 3.63) is 33.8 Å². The lowest BCUT2D eigenvalue weighted by molar-refractivity contribution is 0.0912. The van der Waals surface area contributed by atoms with Crippen LogP contribution in [-0.4, -0.2) is 18.3 Å². The molecule has 0 aromatic heterocycles. The highest BCUT2D eigenvalue weighted by atomic mass is 79.9. The molecule has 0 unspecified atom stereocenters. The van der Waals surface area contributed by atoms with Gasteiger partial charge in [-0.15, -0.1) is 11.6 Å². The second-order valence-corrected chi connectivity index (χ2v) is 6.80. The van der Waals surface area contributed by atoms with Gasteiger partial charge in [0.05, 0.1) is 0 Å². The molecule has 1 aliphatic carbocycles. The van der Waals surface area contributed by atoms with E-state index in [4.69, 9.17) is 11.6 Å². The Morgan fingerprint density at radius 1 is 1.24 bits per heavy atom. The zero-order chi connectivity index (χ0) is 15.5. The maximum Gasteiger partial charge on any atom is 0.257 e. The molecule has 1 aromatic carbocycles. The number of amides is 1. The zero-order valence-electron chi connectivity index (χ0n) is 11.5. The van der Waals surface area contributed by atoms with Gasteiger partial charge in [-0.25, -0.2) is 8.78 Å². The molecule has 0 radical (unpaired) electrons. The van der Waals surface area contributed by atoms with E-state index >= 15 is 0 Å². The molecule has 1 aliphatic rings. The van der Waals surface area contributed by atoms with Crippen LogP contribution < -0.4 is 5.32 Å². The van der Waals surface area contributed by atoms with Crippen LogP contribution in [-0.2, 0) is 0 Å². The lowest BCUT2D eigenvalue weighted by Crippen LogP contribution is -2.40. The van der Waals surface area contributed by atoms with Gasteiger partial charge in [0.15, 0.2) is 0 Å². The van der Waals surface area contributed by atoms with Gasteiger partial charge >= 0.3 is 0 Å². The average Bonchev–Trinajstić information content (AvgIpc) is 2.45. The third-order valence-corrected chi connectivity index (χ3v) is 5.08. The molecule has 0 saturated heterocycles. The second kappa shape index (κ2) is 7.05. The van der Waals surface area contributed by atoms with Crippen LogP contribution in [0.15, 0.2) is 16.6 Å². The molecule has 1 fully saturated rings. The quantitative estimate of drug-likeness (QED) is 0.757. The highest BCUT2D eigenvalue weighted by Crippen LogP contribution is 2.36. The van der Waals surface area contributed by atoms with Gasteiger partial charge < -0.3 is 5.32 Å². The summed E-state index contributed by atoms with van der Waals surface area (Å²) in [6.07, 6.45) is 5.18. The number of halogens is 4. The molecule has 1 N–H and O–H groups in total. The molecule has 1 aromatic rings. The number of hydrogen-bond donors (Lipinski definition) is 1. The summed E-state index contributed by atoms with van der Waals surface area (Å²) in [6.45, 7) is 0.351. The fraction of sp³-hybridized carbons (Fsp3) is 0.533. The molecule has 1 saturated carbocycles. The first-order chi connectivity index (χ1) is 9.97. The SMILES string of the molecule is O=C(NCC1(CCl)CCCCC1)c1c(F)cc(Br)cc1F. The number of rotatable bonds is 4. The fourth-order valence-corrected chi connectivity index (χ4v) is 3.54. The third kappa shape index (κ3) is 3.95. The topological polar surface area (TPSA) is 29.1 Å². The van der Waals surface area contributed by atoms with Crippen molar-refractivity contribution in [2.75, 3.05) is 12.4 Å². The van der Waals surface area contributed by atoms with Crippen molar-refractivity contribution in [3.63, 3.8) is 0 Å². The van der Waals surface area contributed by atoms with E-state index in [9.17, 15) is 13.6 Å². The summed E-state index contributed by atoms with van der Waals surface area (Å²) < 4.78 is 27.8. The maximum absolute atomic E-state index is 13.7. The van der Waals surface area contributed by atoms with Crippen LogP contribution in [0, 0.1) is 17.0 Å². The summed E-state index contributed by atoms with van der Waals surface area (Å²) in [5, 5.41) is 2.64. The van der Waals surface area contributed by atoms with Crippen molar-refractivity contribution in [1.82, 2.24) is 5.32 Å². The number of nitrogens with one attached hydrogen (secondary N) is 1. The first-order valence-corrected chi connectivity index (χ1v) is 8.29. The van der Waals surface area contributed by atoms with Crippen LogP contribution >= 0.6 is 27.5 Å². The van der Waals surface area contributed by atoms with E-state index in [1.54, 1.807) is 0 Å². The van der Waals surface area contributed by atoms with Crippen molar-refractivity contribution < 1.29 is 13.6 Å². The van der Waals surface area contributed by atoms with Crippen molar-refractivity contribution in [1.29, 1.82) is 0 Å². The zero-order valence-corrected chi connectivity index (χ0v) is 13.9. The first kappa shape index (κ1) is 16.7. The standard InChI is InChI=1S/C15H17BrClF2NO/c16-10-6-11(18)13(12(19)7-10)14(21)20-9-15(8-17)4-2-1-3-5-15/h6-7H,1-5,8-9H2,(H,20,21). The molecule has 116 valence electrons. The molecule has 1 amide bonds. The van der Waals surface area contributed by atoms with Crippen LogP contribution in [0.25, 0.3) is 0 Å². The lowest BCUT2D eigenvalue weighted by Gasteiger charge is -2.35. The van der Waals surface area contributed by atoms with Gasteiger partial charge in [-0.3, -0.25) is 4.79 Å². The van der Waals surface area contributed by atoms with Gasteiger partial charge in [0, 0.05) is 22.3 Å².